The molecule has 0 aliphatic carbocycles. The van der Waals surface area contributed by atoms with E-state index < -0.39 is 80.9 Å². The van der Waals surface area contributed by atoms with Crippen LogP contribution < -0.4 is 0 Å². The first-order chi connectivity index (χ1) is 11.9. The van der Waals surface area contributed by atoms with Crippen molar-refractivity contribution in [3.63, 3.8) is 0 Å². The van der Waals surface area contributed by atoms with E-state index in [4.69, 9.17) is 0 Å². The van der Waals surface area contributed by atoms with Gasteiger partial charge in [-0.15, -0.1) is 0 Å². The quantitative estimate of drug-likeness (QED) is 0.260. The van der Waals surface area contributed by atoms with Crippen LogP contribution in [0.4, 0.5) is 43.9 Å². The highest BCUT2D eigenvalue weighted by Crippen LogP contribution is 2.27. The molecule has 0 N–H and O–H groups in total. The van der Waals surface area contributed by atoms with Gasteiger partial charge in [-0.3, -0.25) is 9.59 Å². The predicted molar refractivity (Wildman–Crippen MR) is 61.1 cm³/mol. The summed E-state index contributed by atoms with van der Waals surface area (Å²) < 4.78 is 132. The van der Waals surface area contributed by atoms with E-state index in [1.54, 1.807) is 0 Å². The van der Waals surface area contributed by atoms with Gasteiger partial charge in [0.05, 0.1) is 0 Å². The Balaban J connectivity index is 2.74. The summed E-state index contributed by atoms with van der Waals surface area (Å²) >= 11 is 0. The van der Waals surface area contributed by atoms with Crippen LogP contribution >= 0.6 is 0 Å². The largest absolute Gasteiger partial charge is 0.285 e. The van der Waals surface area contributed by atoms with Gasteiger partial charge in [0.1, 0.15) is 11.1 Å². The van der Waals surface area contributed by atoms with E-state index in [-0.39, 0.29) is 0 Å². The molecule has 0 spiro atoms. The molecule has 0 saturated heterocycles. The van der Waals surface area contributed by atoms with Crippen LogP contribution in [0.25, 0.3) is 0 Å². The molecule has 0 heterocycles. The summed E-state index contributed by atoms with van der Waals surface area (Å²) in [5, 5.41) is 0. The second-order valence-corrected chi connectivity index (χ2v) is 4.55. The van der Waals surface area contributed by atoms with Crippen molar-refractivity contribution in [2.24, 2.45) is 0 Å². The molecule has 0 amide bonds. The van der Waals surface area contributed by atoms with Gasteiger partial charge >= 0.3 is 0 Å². The Morgan fingerprint density at radius 3 is 0.692 bits per heavy atom. The molecule has 0 aliphatic heterocycles. The number of halogens is 10. The highest BCUT2D eigenvalue weighted by molar-refractivity contribution is 6.49. The number of carbonyl (C=O) groups is 2. The summed E-state index contributed by atoms with van der Waals surface area (Å²) in [5.41, 5.74) is -4.84. The maximum atomic E-state index is 13.5. The SMILES string of the molecule is O=C(C(=O)c1c(F)c(F)c(F)c(F)c1F)c1c(F)c(F)c(F)c(F)c1F. The second-order valence-electron chi connectivity index (χ2n) is 4.55. The van der Waals surface area contributed by atoms with Crippen molar-refractivity contribution in [3.05, 3.63) is 69.3 Å². The van der Waals surface area contributed by atoms with Crippen molar-refractivity contribution < 1.29 is 53.5 Å². The highest BCUT2D eigenvalue weighted by Gasteiger charge is 2.37. The molecule has 2 nitrogen and oxygen atoms in total. The predicted octanol–water partition coefficient (Wildman–Crippen LogP) is 4.14. The summed E-state index contributed by atoms with van der Waals surface area (Å²) in [6.45, 7) is 0. The van der Waals surface area contributed by atoms with E-state index >= 15 is 0 Å². The molecule has 0 unspecified atom stereocenters. The zero-order valence-corrected chi connectivity index (χ0v) is 11.6. The summed E-state index contributed by atoms with van der Waals surface area (Å²) in [4.78, 5) is 23.3. The Kier molecular flexibility index (Phi) is 4.79. The first-order valence-corrected chi connectivity index (χ1v) is 6.05. The summed E-state index contributed by atoms with van der Waals surface area (Å²) in [6, 6.07) is 0. The molecule has 26 heavy (non-hydrogen) atoms. The van der Waals surface area contributed by atoms with E-state index in [0.29, 0.717) is 0 Å². The molecule has 2 rings (SSSR count). The normalized spacial score (nSPS) is 11.0. The molecule has 0 aromatic heterocycles. The van der Waals surface area contributed by atoms with Gasteiger partial charge in [-0.25, -0.2) is 43.9 Å². The van der Waals surface area contributed by atoms with Gasteiger partial charge in [-0.2, -0.15) is 0 Å². The zero-order chi connectivity index (χ0) is 20.1. The lowest BCUT2D eigenvalue weighted by Gasteiger charge is -2.09. The first kappa shape index (κ1) is 19.4. The topological polar surface area (TPSA) is 34.1 Å². The average molecular weight is 390 g/mol. The molecule has 2 aromatic rings. The Morgan fingerprint density at radius 2 is 0.500 bits per heavy atom. The number of carbonyl (C=O) groups excluding carboxylic acids is 2. The van der Waals surface area contributed by atoms with Crippen molar-refractivity contribution in [1.82, 2.24) is 0 Å². The van der Waals surface area contributed by atoms with E-state index in [1.807, 2.05) is 0 Å². The molecule has 0 bridgehead atoms. The maximum Gasteiger partial charge on any atom is 0.239 e. The molecule has 0 saturated carbocycles. The third-order valence-electron chi connectivity index (χ3n) is 3.08. The van der Waals surface area contributed by atoms with Crippen molar-refractivity contribution >= 4 is 11.6 Å². The highest BCUT2D eigenvalue weighted by atomic mass is 19.2. The fraction of sp³-hybridized carbons (Fsp3) is 0. The van der Waals surface area contributed by atoms with E-state index in [1.165, 1.54) is 0 Å². The van der Waals surface area contributed by atoms with Crippen LogP contribution in [-0.4, -0.2) is 11.6 Å². The number of hydrogen-bond donors (Lipinski definition) is 0. The third kappa shape index (κ3) is 2.61. The van der Waals surface area contributed by atoms with Crippen LogP contribution in [0.2, 0.25) is 0 Å². The van der Waals surface area contributed by atoms with Crippen molar-refractivity contribution in [1.29, 1.82) is 0 Å². The Hall–Kier alpha value is -2.92. The van der Waals surface area contributed by atoms with Gasteiger partial charge in [-0.1, -0.05) is 0 Å². The molecule has 12 heteroatoms. The van der Waals surface area contributed by atoms with Crippen LogP contribution in [0.5, 0.6) is 0 Å². The number of ketones is 2. The van der Waals surface area contributed by atoms with Gasteiger partial charge in [-0.05, 0) is 0 Å². The van der Waals surface area contributed by atoms with E-state index in [2.05, 4.69) is 0 Å². The number of benzene rings is 2. The van der Waals surface area contributed by atoms with Crippen LogP contribution in [-0.2, 0) is 0 Å². The number of rotatable bonds is 3. The van der Waals surface area contributed by atoms with Gasteiger partial charge < -0.3 is 0 Å². The lowest BCUT2D eigenvalue weighted by Crippen LogP contribution is -2.24. The second kappa shape index (κ2) is 6.42. The molecular formula is C14F10O2. The standard InChI is InChI=1S/C14F10O2/c15-3-1(4(16)8(20)11(23)7(3)19)13(25)14(26)2-5(17)9(21)12(24)10(22)6(2)18. The summed E-state index contributed by atoms with van der Waals surface area (Å²) in [6.07, 6.45) is 0. The molecular weight excluding hydrogens is 390 g/mol. The monoisotopic (exact) mass is 390 g/mol. The van der Waals surface area contributed by atoms with E-state index in [9.17, 15) is 53.5 Å². The minimum atomic E-state index is -2.75. The van der Waals surface area contributed by atoms with Crippen LogP contribution in [0.3, 0.4) is 0 Å². The number of Topliss-reactive ketones (excluding diaryl/α,β-unsaturated/α-hetero) is 2. The molecule has 2 aromatic carbocycles. The maximum absolute atomic E-state index is 13.5. The van der Waals surface area contributed by atoms with Gasteiger partial charge in [0.15, 0.2) is 46.5 Å². The fourth-order valence-electron chi connectivity index (χ4n) is 1.84. The molecule has 138 valence electrons. The Bertz CT molecular complexity index is 845. The Morgan fingerprint density at radius 1 is 0.346 bits per heavy atom. The van der Waals surface area contributed by atoms with Crippen molar-refractivity contribution in [2.75, 3.05) is 0 Å². The van der Waals surface area contributed by atoms with Crippen LogP contribution in [0.1, 0.15) is 20.7 Å². The lowest BCUT2D eigenvalue weighted by atomic mass is 9.98. The Labute approximate surface area is 135 Å². The molecule has 0 fully saturated rings. The van der Waals surface area contributed by atoms with E-state index in [0.717, 1.165) is 0 Å². The summed E-state index contributed by atoms with van der Waals surface area (Å²) in [5.74, 6) is -32.9. The lowest BCUT2D eigenvalue weighted by molar-refractivity contribution is 0.0802. The van der Waals surface area contributed by atoms with Crippen LogP contribution in [0.15, 0.2) is 0 Å². The minimum absolute atomic E-state index is 2.42. The van der Waals surface area contributed by atoms with Gasteiger partial charge in [0.2, 0.25) is 23.2 Å². The van der Waals surface area contributed by atoms with Crippen LogP contribution in [0, 0.1) is 58.2 Å². The minimum Gasteiger partial charge on any atom is -0.285 e. The molecule has 0 atom stereocenters. The smallest absolute Gasteiger partial charge is 0.239 e. The van der Waals surface area contributed by atoms with Gasteiger partial charge in [0.25, 0.3) is 0 Å². The van der Waals surface area contributed by atoms with Gasteiger partial charge in [0, 0.05) is 0 Å². The molecule has 0 aliphatic rings. The number of hydrogen-bond acceptors (Lipinski definition) is 2. The fourth-order valence-corrected chi connectivity index (χ4v) is 1.84. The third-order valence-corrected chi connectivity index (χ3v) is 3.08. The zero-order valence-electron chi connectivity index (χ0n) is 11.6. The molecule has 0 radical (unpaired) electrons. The van der Waals surface area contributed by atoms with Crippen molar-refractivity contribution in [2.45, 2.75) is 0 Å². The summed E-state index contributed by atoms with van der Waals surface area (Å²) in [7, 11) is 0. The van der Waals surface area contributed by atoms with Crippen molar-refractivity contribution in [3.8, 4) is 0 Å². The first-order valence-electron chi connectivity index (χ1n) is 6.05. The average Bonchev–Trinajstić information content (AvgIpc) is 2.61.